The molecular formula is C27H25N5O5S. The second-order valence-electron chi connectivity index (χ2n) is 8.48. The smallest absolute Gasteiger partial charge is 0.411 e. The molecule has 0 aliphatic rings. The first-order valence-corrected chi connectivity index (χ1v) is 12.6. The Kier molecular flexibility index (Phi) is 7.29. The van der Waals surface area contributed by atoms with Crippen LogP contribution in [0.3, 0.4) is 0 Å². The van der Waals surface area contributed by atoms with Gasteiger partial charge in [-0.25, -0.2) is 19.7 Å². The van der Waals surface area contributed by atoms with Crippen LogP contribution < -0.4 is 14.8 Å². The molecule has 5 rings (SSSR count). The van der Waals surface area contributed by atoms with E-state index in [4.69, 9.17) is 19.2 Å². The van der Waals surface area contributed by atoms with Gasteiger partial charge in [0.2, 0.25) is 5.88 Å². The highest BCUT2D eigenvalue weighted by molar-refractivity contribution is 7.21. The number of aromatic nitrogens is 4. The average Bonchev–Trinajstić information content (AvgIpc) is 3.35. The zero-order chi connectivity index (χ0) is 26.6. The van der Waals surface area contributed by atoms with E-state index in [1.807, 2.05) is 32.0 Å². The van der Waals surface area contributed by atoms with Crippen molar-refractivity contribution < 1.29 is 24.1 Å². The van der Waals surface area contributed by atoms with Crippen molar-refractivity contribution >= 4 is 44.4 Å². The van der Waals surface area contributed by atoms with Gasteiger partial charge in [-0.3, -0.25) is 10.3 Å². The van der Waals surface area contributed by atoms with Crippen molar-refractivity contribution in [3.63, 3.8) is 0 Å². The van der Waals surface area contributed by atoms with Gasteiger partial charge in [-0.2, -0.15) is 0 Å². The Labute approximate surface area is 222 Å². The number of aliphatic hydroxyl groups is 1. The molecule has 0 saturated heterocycles. The number of nitrogens with one attached hydrogen (secondary N) is 1. The summed E-state index contributed by atoms with van der Waals surface area (Å²) in [4.78, 5) is 30.0. The van der Waals surface area contributed by atoms with Crippen LogP contribution in [0.25, 0.3) is 31.8 Å². The predicted molar refractivity (Wildman–Crippen MR) is 145 cm³/mol. The maximum atomic E-state index is 12.0. The number of carbonyl (C=O) groups excluding carboxylic acids is 1. The minimum absolute atomic E-state index is 0.0863. The quantitative estimate of drug-likeness (QED) is 0.264. The number of hydrogen-bond donors (Lipinski definition) is 2. The third-order valence-electron chi connectivity index (χ3n) is 5.69. The van der Waals surface area contributed by atoms with Crippen LogP contribution in [0.4, 0.5) is 10.5 Å². The zero-order valence-corrected chi connectivity index (χ0v) is 21.8. The highest BCUT2D eigenvalue weighted by Gasteiger charge is 2.16. The first-order valence-electron chi connectivity index (χ1n) is 11.8. The molecule has 3 heterocycles. The number of carbonyl (C=O) groups is 1. The van der Waals surface area contributed by atoms with Gasteiger partial charge in [0.05, 0.1) is 41.2 Å². The normalized spacial score (nSPS) is 11.1. The Morgan fingerprint density at radius 1 is 1.05 bits per heavy atom. The number of pyridine rings is 1. The summed E-state index contributed by atoms with van der Waals surface area (Å²) in [5.41, 5.74) is 6.00. The lowest BCUT2D eigenvalue weighted by atomic mass is 10.1. The molecule has 38 heavy (non-hydrogen) atoms. The van der Waals surface area contributed by atoms with Gasteiger partial charge in [0, 0.05) is 23.1 Å². The van der Waals surface area contributed by atoms with Crippen molar-refractivity contribution in [3.05, 3.63) is 65.6 Å². The maximum absolute atomic E-state index is 12.0. The molecule has 5 aromatic rings. The highest BCUT2D eigenvalue weighted by Crippen LogP contribution is 2.37. The van der Waals surface area contributed by atoms with Gasteiger partial charge in [0.15, 0.2) is 0 Å². The molecule has 10 nitrogen and oxygen atoms in total. The second kappa shape index (κ2) is 11.0. The van der Waals surface area contributed by atoms with Gasteiger partial charge >= 0.3 is 6.09 Å². The molecule has 2 aromatic carbocycles. The van der Waals surface area contributed by atoms with E-state index in [1.54, 1.807) is 30.6 Å². The zero-order valence-electron chi connectivity index (χ0n) is 21.0. The molecule has 194 valence electrons. The molecular weight excluding hydrogens is 506 g/mol. The van der Waals surface area contributed by atoms with Crippen LogP contribution >= 0.6 is 11.3 Å². The van der Waals surface area contributed by atoms with Crippen LogP contribution in [-0.4, -0.2) is 51.5 Å². The molecule has 0 radical (unpaired) electrons. The van der Waals surface area contributed by atoms with E-state index in [0.717, 1.165) is 32.0 Å². The summed E-state index contributed by atoms with van der Waals surface area (Å²) in [6.45, 7) is 3.95. The van der Waals surface area contributed by atoms with Crippen molar-refractivity contribution in [1.29, 1.82) is 0 Å². The van der Waals surface area contributed by atoms with Crippen LogP contribution in [0.5, 0.6) is 11.6 Å². The fourth-order valence-corrected chi connectivity index (χ4v) is 5.04. The second-order valence-corrected chi connectivity index (χ2v) is 9.51. The molecule has 0 spiro atoms. The summed E-state index contributed by atoms with van der Waals surface area (Å²) in [5.74, 6) is 1.05. The number of benzene rings is 2. The monoisotopic (exact) mass is 531 g/mol. The van der Waals surface area contributed by atoms with Gasteiger partial charge < -0.3 is 19.3 Å². The largest absolute Gasteiger partial charge is 0.490 e. The Morgan fingerprint density at radius 3 is 2.71 bits per heavy atom. The van der Waals surface area contributed by atoms with Crippen molar-refractivity contribution in [2.45, 2.75) is 20.5 Å². The molecule has 0 aliphatic heterocycles. The lowest BCUT2D eigenvalue weighted by molar-refractivity contribution is 0.138. The first-order chi connectivity index (χ1) is 18.4. The summed E-state index contributed by atoms with van der Waals surface area (Å²) in [6, 6.07) is 10.9. The summed E-state index contributed by atoms with van der Waals surface area (Å²) in [7, 11) is 1.53. The molecule has 2 N–H and O–H groups in total. The molecule has 0 unspecified atom stereocenters. The Balaban J connectivity index is 1.31. The van der Waals surface area contributed by atoms with Crippen molar-refractivity contribution in [2.24, 2.45) is 0 Å². The molecule has 11 heteroatoms. The number of hydrogen-bond acceptors (Lipinski definition) is 10. The molecule has 0 aliphatic carbocycles. The summed E-state index contributed by atoms with van der Waals surface area (Å²) in [6.07, 6.45) is 2.62. The minimum atomic E-state index is -0.559. The van der Waals surface area contributed by atoms with Gasteiger partial charge in [0.25, 0.3) is 0 Å². The number of anilines is 1. The van der Waals surface area contributed by atoms with Crippen LogP contribution in [0.2, 0.25) is 0 Å². The van der Waals surface area contributed by atoms with Crippen LogP contribution in [0, 0.1) is 13.8 Å². The van der Waals surface area contributed by atoms with Gasteiger partial charge in [0.1, 0.15) is 24.0 Å². The van der Waals surface area contributed by atoms with E-state index in [1.165, 1.54) is 18.4 Å². The third-order valence-corrected chi connectivity index (χ3v) is 6.73. The summed E-state index contributed by atoms with van der Waals surface area (Å²) in [5, 5.41) is 13.2. The number of fused-ring (bicyclic) bond motifs is 2. The fraction of sp³-hybridized carbons (Fsp3) is 0.222. The number of amides is 1. The summed E-state index contributed by atoms with van der Waals surface area (Å²) >= 11 is 1.50. The van der Waals surface area contributed by atoms with Gasteiger partial charge in [-0.1, -0.05) is 0 Å². The summed E-state index contributed by atoms with van der Waals surface area (Å²) < 4.78 is 17.2. The van der Waals surface area contributed by atoms with Crippen molar-refractivity contribution in [2.75, 3.05) is 25.6 Å². The van der Waals surface area contributed by atoms with Crippen molar-refractivity contribution in [1.82, 2.24) is 19.9 Å². The third kappa shape index (κ3) is 5.48. The minimum Gasteiger partial charge on any atom is -0.490 e. The molecule has 0 bridgehead atoms. The number of rotatable bonds is 8. The fourth-order valence-electron chi connectivity index (χ4n) is 3.95. The molecule has 0 saturated carbocycles. The van der Waals surface area contributed by atoms with Crippen molar-refractivity contribution in [3.8, 4) is 22.2 Å². The number of methoxy groups -OCH3 is 1. The topological polar surface area (TPSA) is 129 Å². The number of nitrogens with zero attached hydrogens (tertiary/aromatic N) is 4. The van der Waals surface area contributed by atoms with Crippen LogP contribution in [-0.2, 0) is 11.3 Å². The molecule has 1 amide bonds. The number of ether oxygens (including phenoxy) is 3. The lowest BCUT2D eigenvalue weighted by Gasteiger charge is -2.09. The predicted octanol–water partition coefficient (Wildman–Crippen LogP) is 5.05. The number of thiazole rings is 1. The Bertz CT molecular complexity index is 1630. The standard InChI is InChI=1S/C27H25N5O5S/c1-15-8-19(36-6-7-37-27(34)30-18-4-5-28-16(2)9-18)12-22-24(15)32-26(38-22)20-10-17(14-33)11-21-25(20)29-13-23(31-21)35-3/h4-5,8-13,33H,6-7,14H2,1-3H3,(H,28,30,34). The van der Waals surface area contributed by atoms with Gasteiger partial charge in [-0.05, 0) is 61.4 Å². The number of aryl methyl sites for hydroxylation is 2. The molecule has 3 aromatic heterocycles. The first kappa shape index (κ1) is 25.3. The van der Waals surface area contributed by atoms with E-state index < -0.39 is 6.09 Å². The Hall–Kier alpha value is -4.35. The number of aliphatic hydroxyl groups excluding tert-OH is 1. The van der Waals surface area contributed by atoms with E-state index in [9.17, 15) is 9.90 Å². The van der Waals surface area contributed by atoms with Gasteiger partial charge in [-0.15, -0.1) is 11.3 Å². The Morgan fingerprint density at radius 2 is 1.92 bits per heavy atom. The SMILES string of the molecule is COc1cnc2c(-c3nc4c(C)cc(OCCOC(=O)Nc5ccnc(C)c5)cc4s3)cc(CO)cc2n1. The van der Waals surface area contributed by atoms with E-state index in [-0.39, 0.29) is 19.8 Å². The van der Waals surface area contributed by atoms with Crippen LogP contribution in [0.1, 0.15) is 16.8 Å². The highest BCUT2D eigenvalue weighted by atomic mass is 32.1. The average molecular weight is 532 g/mol. The van der Waals surface area contributed by atoms with E-state index in [2.05, 4.69) is 20.3 Å². The maximum Gasteiger partial charge on any atom is 0.411 e. The van der Waals surface area contributed by atoms with Crippen LogP contribution in [0.15, 0.2) is 48.8 Å². The van der Waals surface area contributed by atoms with E-state index >= 15 is 0 Å². The van der Waals surface area contributed by atoms with E-state index in [0.29, 0.717) is 33.9 Å². The molecule has 0 fully saturated rings. The lowest BCUT2D eigenvalue weighted by Crippen LogP contribution is -2.17. The molecule has 0 atom stereocenters.